The molecule has 0 bridgehead atoms. The Morgan fingerprint density at radius 3 is 3.00 bits per heavy atom. The van der Waals surface area contributed by atoms with E-state index < -0.39 is 21.1 Å². The highest BCUT2D eigenvalue weighted by Gasteiger charge is 2.36. The van der Waals surface area contributed by atoms with Crippen LogP contribution in [-0.2, 0) is 9.84 Å². The van der Waals surface area contributed by atoms with Crippen LogP contribution in [0.25, 0.3) is 0 Å². The number of nitrogens with zero attached hydrogens (tertiary/aromatic N) is 3. The van der Waals surface area contributed by atoms with Gasteiger partial charge in [0.2, 0.25) is 0 Å². The SMILES string of the molecule is CCS(=O)(=O)C1CSCCN1C(=O)c1cncc(NN)n1. The molecule has 2 rings (SSSR count). The summed E-state index contributed by atoms with van der Waals surface area (Å²) in [6.45, 7) is 1.95. The third kappa shape index (κ3) is 3.44. The monoisotopic (exact) mass is 331 g/mol. The zero-order chi connectivity index (χ0) is 15.5. The number of aromatic nitrogens is 2. The third-order valence-electron chi connectivity index (χ3n) is 3.16. The Morgan fingerprint density at radius 1 is 1.57 bits per heavy atom. The largest absolute Gasteiger partial charge is 0.319 e. The minimum atomic E-state index is -3.34. The molecule has 0 radical (unpaired) electrons. The van der Waals surface area contributed by atoms with E-state index in [1.807, 2.05) is 0 Å². The molecule has 1 atom stereocenters. The van der Waals surface area contributed by atoms with Crippen LogP contribution in [0.1, 0.15) is 17.4 Å². The Balaban J connectivity index is 2.30. The lowest BCUT2D eigenvalue weighted by Gasteiger charge is -2.34. The number of thioether (sulfide) groups is 1. The number of anilines is 1. The predicted molar refractivity (Wildman–Crippen MR) is 81.5 cm³/mol. The summed E-state index contributed by atoms with van der Waals surface area (Å²) in [6.07, 6.45) is 2.68. The minimum Gasteiger partial charge on any atom is -0.319 e. The zero-order valence-electron chi connectivity index (χ0n) is 11.5. The molecule has 0 aromatic carbocycles. The van der Waals surface area contributed by atoms with Crippen LogP contribution in [0.3, 0.4) is 0 Å². The van der Waals surface area contributed by atoms with E-state index in [0.717, 1.165) is 0 Å². The van der Waals surface area contributed by atoms with Crippen LogP contribution in [0.4, 0.5) is 5.82 Å². The summed E-state index contributed by atoms with van der Waals surface area (Å²) in [6, 6.07) is 0. The van der Waals surface area contributed by atoms with Crippen LogP contribution in [-0.4, -0.2) is 58.4 Å². The second-order valence-electron chi connectivity index (χ2n) is 4.41. The fourth-order valence-corrected chi connectivity index (χ4v) is 4.95. The van der Waals surface area contributed by atoms with E-state index in [2.05, 4.69) is 15.4 Å². The summed E-state index contributed by atoms with van der Waals surface area (Å²) in [5, 5.41) is -0.815. The first-order valence-electron chi connectivity index (χ1n) is 6.38. The lowest BCUT2D eigenvalue weighted by atomic mass is 10.3. The number of sulfone groups is 1. The van der Waals surface area contributed by atoms with Crippen LogP contribution in [0.15, 0.2) is 12.4 Å². The maximum Gasteiger partial charge on any atom is 0.275 e. The van der Waals surface area contributed by atoms with Crippen LogP contribution >= 0.6 is 11.8 Å². The summed E-state index contributed by atoms with van der Waals surface area (Å²) >= 11 is 1.53. The second kappa shape index (κ2) is 6.58. The summed E-state index contributed by atoms with van der Waals surface area (Å²) in [5.74, 6) is 6.12. The molecule has 2 heterocycles. The van der Waals surface area contributed by atoms with Gasteiger partial charge in [0.25, 0.3) is 5.91 Å². The summed E-state index contributed by atoms with van der Waals surface area (Å²) in [5.41, 5.74) is 2.39. The summed E-state index contributed by atoms with van der Waals surface area (Å²) in [4.78, 5) is 21.8. The predicted octanol–water partition coefficient (Wildman–Crippen LogP) is -0.288. The van der Waals surface area contributed by atoms with Gasteiger partial charge < -0.3 is 10.3 Å². The summed E-state index contributed by atoms with van der Waals surface area (Å²) < 4.78 is 24.3. The van der Waals surface area contributed by atoms with Crippen molar-refractivity contribution in [1.82, 2.24) is 14.9 Å². The average molecular weight is 331 g/mol. The average Bonchev–Trinajstić information content (AvgIpc) is 2.54. The fourth-order valence-electron chi connectivity index (χ4n) is 1.99. The van der Waals surface area contributed by atoms with E-state index in [9.17, 15) is 13.2 Å². The lowest BCUT2D eigenvalue weighted by Crippen LogP contribution is -2.50. The van der Waals surface area contributed by atoms with Crippen molar-refractivity contribution in [2.24, 2.45) is 5.84 Å². The van der Waals surface area contributed by atoms with Crippen molar-refractivity contribution in [1.29, 1.82) is 0 Å². The molecule has 10 heteroatoms. The van der Waals surface area contributed by atoms with Gasteiger partial charge in [-0.15, -0.1) is 0 Å². The van der Waals surface area contributed by atoms with Crippen molar-refractivity contribution in [3.63, 3.8) is 0 Å². The van der Waals surface area contributed by atoms with Crippen LogP contribution in [0.5, 0.6) is 0 Å². The van der Waals surface area contributed by atoms with Crippen molar-refractivity contribution in [3.8, 4) is 0 Å². The summed E-state index contributed by atoms with van der Waals surface area (Å²) in [7, 11) is -3.34. The Labute approximate surface area is 127 Å². The van der Waals surface area contributed by atoms with Crippen LogP contribution in [0.2, 0.25) is 0 Å². The third-order valence-corrected chi connectivity index (χ3v) is 6.45. The molecule has 0 spiro atoms. The standard InChI is InChI=1S/C11H17N5O3S2/c1-2-21(18,19)10-7-20-4-3-16(10)11(17)8-5-13-6-9(14-8)15-12/h5-6,10H,2-4,7,12H2,1H3,(H,14,15). The van der Waals surface area contributed by atoms with Crippen molar-refractivity contribution in [3.05, 3.63) is 18.1 Å². The molecule has 0 aliphatic carbocycles. The van der Waals surface area contributed by atoms with Gasteiger partial charge >= 0.3 is 0 Å². The number of hydrogen-bond acceptors (Lipinski definition) is 8. The molecule has 1 aliphatic heterocycles. The zero-order valence-corrected chi connectivity index (χ0v) is 13.2. The number of nitrogen functional groups attached to an aromatic ring is 1. The maximum atomic E-state index is 12.5. The number of nitrogens with two attached hydrogens (primary N) is 1. The Bertz CT molecular complexity index is 622. The first kappa shape index (κ1) is 16.0. The van der Waals surface area contributed by atoms with Gasteiger partial charge in [0.05, 0.1) is 12.4 Å². The molecule has 116 valence electrons. The number of nitrogens with one attached hydrogen (secondary N) is 1. The van der Waals surface area contributed by atoms with Crippen molar-refractivity contribution >= 4 is 33.3 Å². The van der Waals surface area contributed by atoms with Crippen LogP contribution < -0.4 is 11.3 Å². The van der Waals surface area contributed by atoms with Crippen molar-refractivity contribution in [2.45, 2.75) is 12.3 Å². The molecule has 1 aromatic heterocycles. The normalized spacial score (nSPS) is 19.3. The highest BCUT2D eigenvalue weighted by Crippen LogP contribution is 2.23. The molecule has 1 unspecified atom stereocenters. The Morgan fingerprint density at radius 2 is 2.33 bits per heavy atom. The van der Waals surface area contributed by atoms with E-state index >= 15 is 0 Å². The van der Waals surface area contributed by atoms with Gasteiger partial charge in [-0.25, -0.2) is 19.2 Å². The van der Waals surface area contributed by atoms with Gasteiger partial charge in [-0.2, -0.15) is 11.8 Å². The van der Waals surface area contributed by atoms with Gasteiger partial charge in [0.1, 0.15) is 11.1 Å². The lowest BCUT2D eigenvalue weighted by molar-refractivity contribution is 0.0743. The van der Waals surface area contributed by atoms with Crippen molar-refractivity contribution < 1.29 is 13.2 Å². The highest BCUT2D eigenvalue weighted by molar-refractivity contribution is 8.01. The van der Waals surface area contributed by atoms with Crippen LogP contribution in [0, 0.1) is 0 Å². The van der Waals surface area contributed by atoms with E-state index in [0.29, 0.717) is 18.1 Å². The van der Waals surface area contributed by atoms with E-state index in [-0.39, 0.29) is 17.3 Å². The molecule has 3 N–H and O–H groups in total. The number of hydrogen-bond donors (Lipinski definition) is 2. The molecular weight excluding hydrogens is 314 g/mol. The van der Waals surface area contributed by atoms with Gasteiger partial charge in [0.15, 0.2) is 15.7 Å². The number of rotatable bonds is 4. The number of carbonyl (C=O) groups is 1. The van der Waals surface area contributed by atoms with Gasteiger partial charge in [-0.3, -0.25) is 9.78 Å². The molecule has 1 aromatic rings. The Kier molecular flexibility index (Phi) is 5.01. The van der Waals surface area contributed by atoms with Crippen molar-refractivity contribution in [2.75, 3.05) is 29.2 Å². The molecule has 1 amide bonds. The number of carbonyl (C=O) groups excluding carboxylic acids is 1. The smallest absolute Gasteiger partial charge is 0.275 e. The molecular formula is C11H17N5O3S2. The molecule has 1 fully saturated rings. The van der Waals surface area contributed by atoms with E-state index in [4.69, 9.17) is 5.84 Å². The maximum absolute atomic E-state index is 12.5. The highest BCUT2D eigenvalue weighted by atomic mass is 32.2. The topological polar surface area (TPSA) is 118 Å². The molecule has 1 aliphatic rings. The molecule has 8 nitrogen and oxygen atoms in total. The second-order valence-corrected chi connectivity index (χ2v) is 8.01. The van der Waals surface area contributed by atoms with Gasteiger partial charge in [0, 0.05) is 23.8 Å². The van der Waals surface area contributed by atoms with E-state index in [1.54, 1.807) is 6.92 Å². The van der Waals surface area contributed by atoms with Gasteiger partial charge in [-0.1, -0.05) is 6.92 Å². The molecule has 21 heavy (non-hydrogen) atoms. The quantitative estimate of drug-likeness (QED) is 0.571. The molecule has 0 saturated carbocycles. The Hall–Kier alpha value is -1.39. The first-order valence-corrected chi connectivity index (χ1v) is 9.25. The fraction of sp³-hybridized carbons (Fsp3) is 0.545. The first-order chi connectivity index (χ1) is 9.99. The number of amides is 1. The van der Waals surface area contributed by atoms with Gasteiger partial charge in [-0.05, 0) is 0 Å². The minimum absolute atomic E-state index is 0.00190. The van der Waals surface area contributed by atoms with E-state index in [1.165, 1.54) is 29.1 Å². The molecule has 1 saturated heterocycles. The number of hydrazine groups is 1.